The molecule has 2 bridgehead atoms. The molecule has 12 heavy (non-hydrogen) atoms. The molecule has 2 aliphatic rings. The molecule has 1 fully saturated rings. The van der Waals surface area contributed by atoms with E-state index in [9.17, 15) is 5.11 Å². The summed E-state index contributed by atoms with van der Waals surface area (Å²) in [7, 11) is 0. The third-order valence-corrected chi connectivity index (χ3v) is 3.38. The average molecular weight is 189 g/mol. The molecule has 4 atom stereocenters. The van der Waals surface area contributed by atoms with Gasteiger partial charge in [0.1, 0.15) is 0 Å². The van der Waals surface area contributed by atoms with E-state index in [1.165, 1.54) is 0 Å². The molecule has 3 heteroatoms. The van der Waals surface area contributed by atoms with Gasteiger partial charge in [-0.2, -0.15) is 0 Å². The number of aliphatic hydroxyl groups excluding tert-OH is 1. The van der Waals surface area contributed by atoms with E-state index in [-0.39, 0.29) is 23.0 Å². The maximum atomic E-state index is 9.83. The molecule has 2 aliphatic heterocycles. The van der Waals surface area contributed by atoms with Crippen LogP contribution in [0.4, 0.5) is 0 Å². The lowest BCUT2D eigenvalue weighted by atomic mass is 9.78. The highest BCUT2D eigenvalue weighted by Crippen LogP contribution is 2.42. The van der Waals surface area contributed by atoms with Crippen LogP contribution < -0.4 is 0 Å². The maximum absolute atomic E-state index is 9.83. The molecule has 0 aliphatic carbocycles. The second-order valence-electron chi connectivity index (χ2n) is 4.12. The minimum absolute atomic E-state index is 0.0208. The van der Waals surface area contributed by atoms with Crippen molar-refractivity contribution in [3.63, 3.8) is 0 Å². The monoisotopic (exact) mass is 188 g/mol. The SMILES string of the molecule is CC1(C)[C@H]2C=C[C@H](O2)[C@@H](Cl)[C@@H]1O. The van der Waals surface area contributed by atoms with Crippen LogP contribution in [0.25, 0.3) is 0 Å². The molecule has 0 radical (unpaired) electrons. The van der Waals surface area contributed by atoms with Crippen molar-refractivity contribution in [2.45, 2.75) is 37.5 Å². The Morgan fingerprint density at radius 1 is 1.42 bits per heavy atom. The zero-order valence-corrected chi connectivity index (χ0v) is 7.95. The van der Waals surface area contributed by atoms with Crippen molar-refractivity contribution in [2.24, 2.45) is 5.41 Å². The molecule has 0 unspecified atom stereocenters. The Bertz CT molecular complexity index is 225. The number of fused-ring (bicyclic) bond motifs is 2. The van der Waals surface area contributed by atoms with Gasteiger partial charge in [-0.25, -0.2) is 0 Å². The maximum Gasteiger partial charge on any atom is 0.0954 e. The summed E-state index contributed by atoms with van der Waals surface area (Å²) in [5.74, 6) is 0. The minimum Gasteiger partial charge on any atom is -0.391 e. The van der Waals surface area contributed by atoms with Crippen molar-refractivity contribution in [1.29, 1.82) is 0 Å². The van der Waals surface area contributed by atoms with Crippen LogP contribution >= 0.6 is 11.6 Å². The van der Waals surface area contributed by atoms with E-state index in [0.717, 1.165) is 0 Å². The molecule has 0 amide bonds. The molecule has 68 valence electrons. The van der Waals surface area contributed by atoms with E-state index in [2.05, 4.69) is 0 Å². The summed E-state index contributed by atoms with van der Waals surface area (Å²) in [6, 6.07) is 0. The summed E-state index contributed by atoms with van der Waals surface area (Å²) >= 11 is 6.02. The van der Waals surface area contributed by atoms with Gasteiger partial charge in [-0.05, 0) is 0 Å². The molecule has 0 spiro atoms. The smallest absolute Gasteiger partial charge is 0.0954 e. The van der Waals surface area contributed by atoms with Gasteiger partial charge in [0.25, 0.3) is 0 Å². The quantitative estimate of drug-likeness (QED) is 0.459. The predicted molar refractivity (Wildman–Crippen MR) is 47.2 cm³/mol. The summed E-state index contributed by atoms with van der Waals surface area (Å²) in [6.07, 6.45) is 3.38. The van der Waals surface area contributed by atoms with E-state index in [1.807, 2.05) is 26.0 Å². The Labute approximate surface area is 77.2 Å². The van der Waals surface area contributed by atoms with Crippen LogP contribution in [0.5, 0.6) is 0 Å². The molecule has 2 nitrogen and oxygen atoms in total. The lowest BCUT2D eigenvalue weighted by Gasteiger charge is -2.43. The van der Waals surface area contributed by atoms with Crippen LogP contribution in [-0.4, -0.2) is 28.8 Å². The largest absolute Gasteiger partial charge is 0.391 e. The van der Waals surface area contributed by atoms with Gasteiger partial charge in [-0.15, -0.1) is 11.6 Å². The molecule has 0 aromatic rings. The summed E-state index contributed by atoms with van der Waals surface area (Å²) < 4.78 is 5.59. The van der Waals surface area contributed by atoms with Crippen LogP contribution in [0.1, 0.15) is 13.8 Å². The van der Waals surface area contributed by atoms with Crippen LogP contribution in [0, 0.1) is 5.41 Å². The summed E-state index contributed by atoms with van der Waals surface area (Å²) in [4.78, 5) is 0. The van der Waals surface area contributed by atoms with E-state index in [1.54, 1.807) is 0 Å². The highest BCUT2D eigenvalue weighted by Gasteiger charge is 2.50. The number of halogens is 1. The van der Waals surface area contributed by atoms with Crippen molar-refractivity contribution in [3.8, 4) is 0 Å². The fraction of sp³-hybridized carbons (Fsp3) is 0.778. The lowest BCUT2D eigenvalue weighted by Crippen LogP contribution is -2.53. The number of hydrogen-bond donors (Lipinski definition) is 1. The molecule has 2 rings (SSSR count). The van der Waals surface area contributed by atoms with Crippen molar-refractivity contribution >= 4 is 11.6 Å². The highest BCUT2D eigenvalue weighted by atomic mass is 35.5. The molecule has 0 aromatic carbocycles. The molecule has 0 aromatic heterocycles. The van der Waals surface area contributed by atoms with Crippen LogP contribution in [0.2, 0.25) is 0 Å². The van der Waals surface area contributed by atoms with Crippen LogP contribution in [0.15, 0.2) is 12.2 Å². The first kappa shape index (κ1) is 8.54. The van der Waals surface area contributed by atoms with Crippen LogP contribution in [0.3, 0.4) is 0 Å². The topological polar surface area (TPSA) is 29.5 Å². The predicted octanol–water partition coefficient (Wildman–Crippen LogP) is 1.32. The second kappa shape index (κ2) is 2.47. The first-order chi connectivity index (χ1) is 5.53. The summed E-state index contributed by atoms with van der Waals surface area (Å²) in [5.41, 5.74) is -0.268. The third-order valence-electron chi connectivity index (χ3n) is 2.89. The molecular weight excluding hydrogens is 176 g/mol. The van der Waals surface area contributed by atoms with Gasteiger partial charge < -0.3 is 9.84 Å². The van der Waals surface area contributed by atoms with Gasteiger partial charge in [0, 0.05) is 5.41 Å². The third kappa shape index (κ3) is 0.951. The number of alkyl halides is 1. The number of ether oxygens (including phenoxy) is 1. The van der Waals surface area contributed by atoms with Crippen LogP contribution in [-0.2, 0) is 4.74 Å². The first-order valence-corrected chi connectivity index (χ1v) is 4.63. The van der Waals surface area contributed by atoms with E-state index in [4.69, 9.17) is 16.3 Å². The van der Waals surface area contributed by atoms with Crippen molar-refractivity contribution in [2.75, 3.05) is 0 Å². The number of hydrogen-bond acceptors (Lipinski definition) is 2. The molecule has 0 saturated carbocycles. The molecular formula is C9H13ClO2. The normalized spacial score (nSPS) is 49.7. The van der Waals surface area contributed by atoms with E-state index >= 15 is 0 Å². The van der Waals surface area contributed by atoms with Gasteiger partial charge in [0.2, 0.25) is 0 Å². The Balaban J connectivity index is 2.32. The standard InChI is InChI=1S/C9H13ClO2/c1-9(2)6-4-3-5(12-6)7(10)8(9)11/h3-8,11H,1-2H3/t5-,6+,7+,8-/m0/s1. The van der Waals surface area contributed by atoms with E-state index < -0.39 is 6.10 Å². The van der Waals surface area contributed by atoms with Gasteiger partial charge in [-0.3, -0.25) is 0 Å². The van der Waals surface area contributed by atoms with Gasteiger partial charge in [0.05, 0.1) is 23.7 Å². The fourth-order valence-corrected chi connectivity index (χ4v) is 2.30. The highest BCUT2D eigenvalue weighted by molar-refractivity contribution is 6.21. The average Bonchev–Trinajstić information content (AvgIpc) is 2.46. The Morgan fingerprint density at radius 2 is 2.08 bits per heavy atom. The van der Waals surface area contributed by atoms with Gasteiger partial charge in [0.15, 0.2) is 0 Å². The van der Waals surface area contributed by atoms with Gasteiger partial charge in [-0.1, -0.05) is 26.0 Å². The second-order valence-corrected chi connectivity index (χ2v) is 4.62. The number of rotatable bonds is 0. The van der Waals surface area contributed by atoms with Crippen molar-refractivity contribution in [3.05, 3.63) is 12.2 Å². The van der Waals surface area contributed by atoms with Gasteiger partial charge >= 0.3 is 0 Å². The zero-order valence-electron chi connectivity index (χ0n) is 7.20. The lowest BCUT2D eigenvalue weighted by molar-refractivity contribution is -0.124. The molecule has 2 heterocycles. The zero-order chi connectivity index (χ0) is 8.93. The van der Waals surface area contributed by atoms with Crippen molar-refractivity contribution < 1.29 is 9.84 Å². The number of aliphatic hydroxyl groups is 1. The fourth-order valence-electron chi connectivity index (χ4n) is 1.83. The first-order valence-electron chi connectivity index (χ1n) is 4.19. The summed E-state index contributed by atoms with van der Waals surface area (Å²) in [5, 5.41) is 9.52. The molecule has 1 N–H and O–H groups in total. The summed E-state index contributed by atoms with van der Waals surface area (Å²) in [6.45, 7) is 3.95. The minimum atomic E-state index is -0.488. The Hall–Kier alpha value is -0.0500. The van der Waals surface area contributed by atoms with Crippen molar-refractivity contribution in [1.82, 2.24) is 0 Å². The molecule has 1 saturated heterocycles. The van der Waals surface area contributed by atoms with E-state index in [0.29, 0.717) is 0 Å². The Kier molecular flexibility index (Phi) is 1.76. The Morgan fingerprint density at radius 3 is 2.75 bits per heavy atom.